The van der Waals surface area contributed by atoms with Crippen molar-refractivity contribution in [3.63, 3.8) is 0 Å². The van der Waals surface area contributed by atoms with Gasteiger partial charge in [-0.2, -0.15) is 0 Å². The summed E-state index contributed by atoms with van der Waals surface area (Å²) in [5.41, 5.74) is 3.26. The first-order chi connectivity index (χ1) is 14.8. The largest absolute Gasteiger partial charge is 0.301 e. The maximum atomic E-state index is 12.4. The topological polar surface area (TPSA) is 40.6 Å². The van der Waals surface area contributed by atoms with Crippen LogP contribution in [0.1, 0.15) is 73.4 Å². The van der Waals surface area contributed by atoms with Crippen molar-refractivity contribution in [2.45, 2.75) is 54.6 Å². The van der Waals surface area contributed by atoms with E-state index in [0.29, 0.717) is 0 Å². The third kappa shape index (κ3) is 9.87. The van der Waals surface area contributed by atoms with Gasteiger partial charge in [-0.3, -0.25) is 9.59 Å². The molecule has 0 aliphatic heterocycles. The highest BCUT2D eigenvalue weighted by molar-refractivity contribution is 6.00. The zero-order chi connectivity index (χ0) is 24.1. The van der Waals surface area contributed by atoms with Gasteiger partial charge in [-0.25, -0.2) is 0 Å². The Bertz CT molecular complexity index is 834. The molecule has 0 saturated heterocycles. The Morgan fingerprint density at radius 1 is 0.588 bits per heavy atom. The number of likely N-dealkylation sites (N-methyl/N-ethyl adjacent to an activating group) is 2. The Kier molecular flexibility index (Phi) is 12.7. The van der Waals surface area contributed by atoms with Crippen LogP contribution in [-0.4, -0.2) is 48.6 Å². The monoisotopic (exact) mass is 508 g/mol. The minimum absolute atomic E-state index is 0. The van der Waals surface area contributed by atoms with Gasteiger partial charge in [-0.15, -0.1) is 24.8 Å². The van der Waals surface area contributed by atoms with E-state index in [1.807, 2.05) is 65.8 Å². The number of ketones is 2. The summed E-state index contributed by atoms with van der Waals surface area (Å²) in [5, 5.41) is 0. The van der Waals surface area contributed by atoms with E-state index in [-0.39, 0.29) is 47.2 Å². The molecule has 0 radical (unpaired) electrons. The van der Waals surface area contributed by atoms with E-state index in [1.54, 1.807) is 0 Å². The maximum absolute atomic E-state index is 12.4. The van der Waals surface area contributed by atoms with Gasteiger partial charge in [0, 0.05) is 48.1 Å². The van der Waals surface area contributed by atoms with E-state index >= 15 is 0 Å². The lowest BCUT2D eigenvalue weighted by Crippen LogP contribution is -2.30. The molecule has 0 fully saturated rings. The number of carbonyl (C=O) groups is 2. The number of nitrogens with zero attached hydrogens (tertiary/aromatic N) is 2. The summed E-state index contributed by atoms with van der Waals surface area (Å²) in [7, 11) is 4.24. The van der Waals surface area contributed by atoms with E-state index in [9.17, 15) is 9.59 Å². The standard InChI is InChI=1S/C28H40N2O2.2ClH/c1-27(2,3)25(31)23-13-9-21(10-14-23)19-29(7)17-18-30(8)20-22-11-15-24(16-12-22)26(32)28(4,5)6;;/h9-16H,17-20H2,1-8H3;2*1H. The molecule has 0 aliphatic rings. The second kappa shape index (κ2) is 13.4. The van der Waals surface area contributed by atoms with E-state index in [4.69, 9.17) is 0 Å². The van der Waals surface area contributed by atoms with E-state index in [2.05, 4.69) is 48.2 Å². The second-order valence-electron chi connectivity index (χ2n) is 11.0. The fourth-order valence-electron chi connectivity index (χ4n) is 3.51. The number of hydrogen-bond acceptors (Lipinski definition) is 4. The molecule has 190 valence electrons. The van der Waals surface area contributed by atoms with Gasteiger partial charge in [-0.05, 0) is 25.2 Å². The third-order valence-electron chi connectivity index (χ3n) is 5.56. The van der Waals surface area contributed by atoms with Gasteiger partial charge in [0.15, 0.2) is 11.6 Å². The SMILES string of the molecule is CN(CCN(C)Cc1ccc(C(=O)C(C)(C)C)cc1)Cc1ccc(C(=O)C(C)(C)C)cc1.Cl.Cl. The molecule has 2 rings (SSSR count). The summed E-state index contributed by atoms with van der Waals surface area (Å²) >= 11 is 0. The molecule has 2 aromatic rings. The highest BCUT2D eigenvalue weighted by Crippen LogP contribution is 2.22. The lowest BCUT2D eigenvalue weighted by molar-refractivity contribution is 0.0852. The summed E-state index contributed by atoms with van der Waals surface area (Å²) in [4.78, 5) is 29.4. The fourth-order valence-corrected chi connectivity index (χ4v) is 3.51. The fraction of sp³-hybridized carbons (Fsp3) is 0.500. The zero-order valence-electron chi connectivity index (χ0n) is 22.0. The summed E-state index contributed by atoms with van der Waals surface area (Å²) in [6.45, 7) is 15.3. The van der Waals surface area contributed by atoms with Crippen LogP contribution in [0.2, 0.25) is 0 Å². The Hall–Kier alpha value is -1.72. The van der Waals surface area contributed by atoms with E-state index in [1.165, 1.54) is 11.1 Å². The van der Waals surface area contributed by atoms with Gasteiger partial charge in [0.1, 0.15) is 0 Å². The van der Waals surface area contributed by atoms with Gasteiger partial charge in [-0.1, -0.05) is 90.1 Å². The van der Waals surface area contributed by atoms with Crippen LogP contribution in [0.25, 0.3) is 0 Å². The molecule has 0 bridgehead atoms. The number of halogens is 2. The van der Waals surface area contributed by atoms with Crippen molar-refractivity contribution in [1.82, 2.24) is 9.80 Å². The molecule has 0 saturated carbocycles. The minimum Gasteiger partial charge on any atom is -0.301 e. The van der Waals surface area contributed by atoms with Crippen LogP contribution in [-0.2, 0) is 13.1 Å². The average molecular weight is 510 g/mol. The predicted octanol–water partition coefficient (Wildman–Crippen LogP) is 6.55. The normalized spacial score (nSPS) is 11.7. The number of Topliss-reactive ketones (excluding diaryl/α,β-unsaturated/α-hetero) is 2. The molecule has 0 amide bonds. The van der Waals surface area contributed by atoms with Crippen LogP contribution in [0.3, 0.4) is 0 Å². The Morgan fingerprint density at radius 3 is 1.09 bits per heavy atom. The first-order valence-corrected chi connectivity index (χ1v) is 11.4. The van der Waals surface area contributed by atoms with Crippen LogP contribution >= 0.6 is 24.8 Å². The summed E-state index contributed by atoms with van der Waals surface area (Å²) in [6.07, 6.45) is 0. The molecule has 0 N–H and O–H groups in total. The number of benzene rings is 2. The van der Waals surface area contributed by atoms with Crippen LogP contribution in [0.15, 0.2) is 48.5 Å². The zero-order valence-corrected chi connectivity index (χ0v) is 23.6. The van der Waals surface area contributed by atoms with Crippen molar-refractivity contribution in [3.05, 3.63) is 70.8 Å². The number of rotatable bonds is 9. The number of carbonyl (C=O) groups excluding carboxylic acids is 2. The first-order valence-electron chi connectivity index (χ1n) is 11.4. The van der Waals surface area contributed by atoms with Gasteiger partial charge in [0.25, 0.3) is 0 Å². The molecular formula is C28H42Cl2N2O2. The van der Waals surface area contributed by atoms with Crippen LogP contribution in [0.5, 0.6) is 0 Å². The van der Waals surface area contributed by atoms with Crippen LogP contribution in [0.4, 0.5) is 0 Å². The molecule has 2 aromatic carbocycles. The lowest BCUT2D eigenvalue weighted by atomic mass is 9.86. The molecule has 0 atom stereocenters. The highest BCUT2D eigenvalue weighted by Gasteiger charge is 2.23. The molecule has 4 nitrogen and oxygen atoms in total. The average Bonchev–Trinajstić information content (AvgIpc) is 2.71. The van der Waals surface area contributed by atoms with E-state index < -0.39 is 0 Å². The molecule has 0 aromatic heterocycles. The van der Waals surface area contributed by atoms with Crippen molar-refractivity contribution in [2.24, 2.45) is 10.8 Å². The summed E-state index contributed by atoms with van der Waals surface area (Å²) in [6, 6.07) is 16.0. The predicted molar refractivity (Wildman–Crippen MR) is 148 cm³/mol. The Morgan fingerprint density at radius 2 is 0.853 bits per heavy atom. The van der Waals surface area contributed by atoms with Crippen molar-refractivity contribution in [2.75, 3.05) is 27.2 Å². The smallest absolute Gasteiger partial charge is 0.168 e. The molecule has 0 aliphatic carbocycles. The second-order valence-corrected chi connectivity index (χ2v) is 11.0. The van der Waals surface area contributed by atoms with Gasteiger partial charge in [0.2, 0.25) is 0 Å². The van der Waals surface area contributed by atoms with Crippen LogP contribution < -0.4 is 0 Å². The maximum Gasteiger partial charge on any atom is 0.168 e. The quantitative estimate of drug-likeness (QED) is 0.360. The van der Waals surface area contributed by atoms with Crippen LogP contribution in [0, 0.1) is 10.8 Å². The van der Waals surface area contributed by atoms with Gasteiger partial charge in [0.05, 0.1) is 0 Å². The van der Waals surface area contributed by atoms with Crippen molar-refractivity contribution >= 4 is 36.4 Å². The molecule has 0 heterocycles. The summed E-state index contributed by atoms with van der Waals surface area (Å²) < 4.78 is 0. The van der Waals surface area contributed by atoms with E-state index in [0.717, 1.165) is 37.3 Å². The molecule has 6 heteroatoms. The minimum atomic E-state index is -0.356. The number of hydrogen-bond donors (Lipinski definition) is 0. The van der Waals surface area contributed by atoms with Crippen molar-refractivity contribution < 1.29 is 9.59 Å². The molecule has 0 unspecified atom stereocenters. The molecule has 0 spiro atoms. The third-order valence-corrected chi connectivity index (χ3v) is 5.56. The van der Waals surface area contributed by atoms with Crippen molar-refractivity contribution in [1.29, 1.82) is 0 Å². The van der Waals surface area contributed by atoms with Crippen molar-refractivity contribution in [3.8, 4) is 0 Å². The summed E-state index contributed by atoms with van der Waals surface area (Å²) in [5.74, 6) is 0.352. The Balaban J connectivity index is 0.00000544. The molecule has 34 heavy (non-hydrogen) atoms. The Labute approximate surface area is 218 Å². The van der Waals surface area contributed by atoms with Gasteiger partial charge < -0.3 is 9.80 Å². The molecular weight excluding hydrogens is 467 g/mol. The highest BCUT2D eigenvalue weighted by atomic mass is 35.5. The van der Waals surface area contributed by atoms with Gasteiger partial charge >= 0.3 is 0 Å². The lowest BCUT2D eigenvalue weighted by Gasteiger charge is -2.23. The first kappa shape index (κ1) is 32.3.